The average Bonchev–Trinajstić information content (AvgIpc) is 2.87. The summed E-state index contributed by atoms with van der Waals surface area (Å²) in [5.74, 6) is -1.64. The molecule has 6 nitrogen and oxygen atoms in total. The Morgan fingerprint density at radius 3 is 3.05 bits per heavy atom. The number of carbonyl (C=O) groups is 2. The monoisotopic (exact) mass is 296 g/mol. The number of thioether (sulfide) groups is 1. The fraction of sp³-hybridized carbons (Fsp3) is 0.273. The molecule has 1 aliphatic rings. The minimum Gasteiger partial charge on any atom is -0.550 e. The number of nitrogens with one attached hydrogen (secondary N) is 1. The molecule has 1 aromatic rings. The molecule has 0 aliphatic carbocycles. The van der Waals surface area contributed by atoms with Crippen LogP contribution < -0.4 is 10.4 Å². The van der Waals surface area contributed by atoms with Crippen molar-refractivity contribution in [2.24, 2.45) is 10.2 Å². The lowest BCUT2D eigenvalue weighted by atomic mass is 10.3. The number of carbonyl (C=O) groups excluding carboxylic acids is 2. The Balaban J connectivity index is 1.98. The van der Waals surface area contributed by atoms with Crippen LogP contribution in [-0.2, 0) is 9.59 Å². The Labute approximate surface area is 117 Å². The second-order valence-corrected chi connectivity index (χ2v) is 5.93. The Morgan fingerprint density at radius 1 is 1.63 bits per heavy atom. The maximum Gasteiger partial charge on any atom is 0.239 e. The number of carboxylic acid groups (broad SMARTS) is 1. The Hall–Kier alpha value is -1.67. The van der Waals surface area contributed by atoms with Gasteiger partial charge in [-0.15, -0.1) is 16.4 Å². The molecule has 1 N–H and O–H groups in total. The van der Waals surface area contributed by atoms with Crippen molar-refractivity contribution in [2.75, 3.05) is 0 Å². The van der Waals surface area contributed by atoms with E-state index >= 15 is 0 Å². The van der Waals surface area contributed by atoms with Crippen LogP contribution in [0.2, 0.25) is 0 Å². The zero-order valence-electron chi connectivity index (χ0n) is 9.95. The second-order valence-electron chi connectivity index (χ2n) is 3.79. The number of thiophene rings is 1. The number of carboxylic acids is 1. The van der Waals surface area contributed by atoms with Crippen LogP contribution in [0.15, 0.2) is 21.6 Å². The Bertz CT molecular complexity index is 565. The number of aryl methyl sites for hydroxylation is 1. The van der Waals surface area contributed by atoms with Gasteiger partial charge in [0.2, 0.25) is 5.91 Å². The van der Waals surface area contributed by atoms with E-state index < -0.39 is 11.2 Å². The summed E-state index contributed by atoms with van der Waals surface area (Å²) < 4.78 is 0. The van der Waals surface area contributed by atoms with Gasteiger partial charge in [-0.1, -0.05) is 11.8 Å². The molecule has 0 aromatic carbocycles. The van der Waals surface area contributed by atoms with Crippen LogP contribution in [0.4, 0.5) is 0 Å². The zero-order chi connectivity index (χ0) is 13.8. The normalized spacial score (nSPS) is 21.2. The van der Waals surface area contributed by atoms with Crippen molar-refractivity contribution in [3.05, 3.63) is 21.9 Å². The number of hydrogen-bond donors (Lipinski definition) is 1. The summed E-state index contributed by atoms with van der Waals surface area (Å²) in [6.45, 7) is 1.97. The molecule has 0 spiro atoms. The Morgan fingerprint density at radius 2 is 2.42 bits per heavy atom. The third-order valence-electron chi connectivity index (χ3n) is 2.35. The van der Waals surface area contributed by atoms with Crippen LogP contribution in [-0.4, -0.2) is 28.5 Å². The van der Waals surface area contributed by atoms with Crippen molar-refractivity contribution >= 4 is 46.4 Å². The first-order chi connectivity index (χ1) is 9.06. The van der Waals surface area contributed by atoms with Gasteiger partial charge in [0.05, 0.1) is 16.3 Å². The van der Waals surface area contributed by atoms with E-state index in [1.807, 2.05) is 18.4 Å². The number of hydrogen-bond acceptors (Lipinski definition) is 7. The third kappa shape index (κ3) is 3.65. The highest BCUT2D eigenvalue weighted by Gasteiger charge is 2.30. The van der Waals surface area contributed by atoms with Crippen molar-refractivity contribution in [2.45, 2.75) is 18.6 Å². The lowest BCUT2D eigenvalue weighted by Crippen LogP contribution is -2.31. The molecular formula is C11H10N3O3S2-. The predicted octanol–water partition coefficient (Wildman–Crippen LogP) is 0.118. The van der Waals surface area contributed by atoms with Crippen molar-refractivity contribution in [1.82, 2.24) is 5.32 Å². The summed E-state index contributed by atoms with van der Waals surface area (Å²) in [5.41, 5.74) is 1.10. The fourth-order valence-corrected chi connectivity index (χ4v) is 3.08. The van der Waals surface area contributed by atoms with Crippen LogP contribution in [0.5, 0.6) is 0 Å². The van der Waals surface area contributed by atoms with E-state index in [1.165, 1.54) is 0 Å². The molecule has 0 unspecified atom stereocenters. The first-order valence-electron chi connectivity index (χ1n) is 5.38. The number of amidine groups is 1. The minimum absolute atomic E-state index is 0.307. The summed E-state index contributed by atoms with van der Waals surface area (Å²) in [5, 5.41) is 22.2. The lowest BCUT2D eigenvalue weighted by molar-refractivity contribution is -0.305. The molecule has 19 heavy (non-hydrogen) atoms. The van der Waals surface area contributed by atoms with Gasteiger partial charge < -0.3 is 15.2 Å². The van der Waals surface area contributed by atoms with Gasteiger partial charge in [-0.25, -0.2) is 0 Å². The molecule has 2 rings (SSSR count). The number of rotatable bonds is 4. The molecule has 1 aromatic heterocycles. The van der Waals surface area contributed by atoms with Crippen LogP contribution in [0, 0.1) is 6.92 Å². The zero-order valence-corrected chi connectivity index (χ0v) is 11.6. The summed E-state index contributed by atoms with van der Waals surface area (Å²) >= 11 is 2.59. The molecule has 100 valence electrons. The molecule has 1 aliphatic heterocycles. The maximum absolute atomic E-state index is 11.4. The van der Waals surface area contributed by atoms with E-state index in [4.69, 9.17) is 0 Å². The first kappa shape index (κ1) is 13.8. The van der Waals surface area contributed by atoms with Gasteiger partial charge in [-0.2, -0.15) is 5.10 Å². The molecule has 1 amide bonds. The standard InChI is InChI=1S/C11H11N3O3S2/c1-6-2-3-18-8(6)5-12-14-11-13-10(17)7(19-11)4-9(15)16/h2-3,5,7H,4H2,1H3,(H,15,16)(H,13,14,17)/p-1/b12-5-/t7-/m1/s1. The quantitative estimate of drug-likeness (QED) is 0.630. The first-order valence-corrected chi connectivity index (χ1v) is 7.14. The number of aliphatic carboxylic acids is 1. The third-order valence-corrected chi connectivity index (χ3v) is 4.38. The van der Waals surface area contributed by atoms with Crippen molar-refractivity contribution < 1.29 is 14.7 Å². The van der Waals surface area contributed by atoms with Crippen LogP contribution in [0.1, 0.15) is 16.9 Å². The van der Waals surface area contributed by atoms with Crippen LogP contribution >= 0.6 is 23.1 Å². The highest BCUT2D eigenvalue weighted by atomic mass is 32.2. The summed E-state index contributed by atoms with van der Waals surface area (Å²) in [4.78, 5) is 22.8. The molecule has 0 bridgehead atoms. The van der Waals surface area contributed by atoms with Crippen molar-refractivity contribution in [3.8, 4) is 0 Å². The summed E-state index contributed by atoms with van der Waals surface area (Å²) in [6.07, 6.45) is 1.27. The maximum atomic E-state index is 11.4. The fourth-order valence-electron chi connectivity index (χ4n) is 1.39. The smallest absolute Gasteiger partial charge is 0.239 e. The average molecular weight is 296 g/mol. The van der Waals surface area contributed by atoms with Gasteiger partial charge >= 0.3 is 0 Å². The van der Waals surface area contributed by atoms with E-state index in [9.17, 15) is 14.7 Å². The number of nitrogens with zero attached hydrogens (tertiary/aromatic N) is 2. The largest absolute Gasteiger partial charge is 0.550 e. The van der Waals surface area contributed by atoms with E-state index in [0.29, 0.717) is 5.17 Å². The molecule has 0 radical (unpaired) electrons. The van der Waals surface area contributed by atoms with E-state index in [1.54, 1.807) is 17.6 Å². The predicted molar refractivity (Wildman–Crippen MR) is 73.2 cm³/mol. The summed E-state index contributed by atoms with van der Waals surface area (Å²) in [7, 11) is 0. The van der Waals surface area contributed by atoms with E-state index in [2.05, 4.69) is 15.5 Å². The second kappa shape index (κ2) is 5.98. The van der Waals surface area contributed by atoms with Gasteiger partial charge in [-0.3, -0.25) is 4.79 Å². The van der Waals surface area contributed by atoms with Gasteiger partial charge in [0.1, 0.15) is 0 Å². The van der Waals surface area contributed by atoms with E-state index in [-0.39, 0.29) is 12.3 Å². The highest BCUT2D eigenvalue weighted by molar-refractivity contribution is 8.15. The van der Waals surface area contributed by atoms with Gasteiger partial charge in [-0.05, 0) is 23.9 Å². The molecule has 0 saturated carbocycles. The molecule has 8 heteroatoms. The van der Waals surface area contributed by atoms with Crippen molar-refractivity contribution in [3.63, 3.8) is 0 Å². The Kier molecular flexibility index (Phi) is 4.33. The SMILES string of the molecule is Cc1ccsc1/C=N\N=C1\NC(=O)[C@@H](CC(=O)[O-])S1. The van der Waals surface area contributed by atoms with E-state index in [0.717, 1.165) is 22.2 Å². The molecule has 1 atom stereocenters. The topological polar surface area (TPSA) is 94.0 Å². The van der Waals surface area contributed by atoms with Gasteiger partial charge in [0.25, 0.3) is 0 Å². The molecule has 1 fully saturated rings. The van der Waals surface area contributed by atoms with Crippen LogP contribution in [0.25, 0.3) is 0 Å². The molecular weight excluding hydrogens is 286 g/mol. The van der Waals surface area contributed by atoms with Gasteiger partial charge in [0.15, 0.2) is 5.17 Å². The minimum atomic E-state index is -1.26. The molecule has 2 heterocycles. The van der Waals surface area contributed by atoms with Crippen molar-refractivity contribution in [1.29, 1.82) is 0 Å². The summed E-state index contributed by atoms with van der Waals surface area (Å²) in [6, 6.07) is 1.97. The lowest BCUT2D eigenvalue weighted by Gasteiger charge is -2.04. The molecule has 1 saturated heterocycles. The highest BCUT2D eigenvalue weighted by Crippen LogP contribution is 2.22. The van der Waals surface area contributed by atoms with Gasteiger partial charge in [0, 0.05) is 12.4 Å². The van der Waals surface area contributed by atoms with Crippen LogP contribution in [0.3, 0.4) is 0 Å². The number of amides is 1.